The second-order valence-corrected chi connectivity index (χ2v) is 5.04. The summed E-state index contributed by atoms with van der Waals surface area (Å²) < 4.78 is 0. The highest BCUT2D eigenvalue weighted by Gasteiger charge is 2.17. The first kappa shape index (κ1) is 11.3. The van der Waals surface area contributed by atoms with Gasteiger partial charge in [0.15, 0.2) is 0 Å². The van der Waals surface area contributed by atoms with Gasteiger partial charge >= 0.3 is 0 Å². The minimum absolute atomic E-state index is 0.262. The zero-order valence-corrected chi connectivity index (χ0v) is 9.88. The van der Waals surface area contributed by atoms with Gasteiger partial charge in [0.1, 0.15) is 0 Å². The predicted octanol–water partition coefficient (Wildman–Crippen LogP) is 4.50. The predicted molar refractivity (Wildman–Crippen MR) is 64.2 cm³/mol. The van der Waals surface area contributed by atoms with Gasteiger partial charge in [-0.3, -0.25) is 0 Å². The Hall–Kier alpha value is -0.780. The molecule has 0 saturated heterocycles. The molecule has 0 spiro atoms. The smallest absolute Gasteiger partial charge is 0.00391 e. The lowest BCUT2D eigenvalue weighted by Gasteiger charge is -2.22. The van der Waals surface area contributed by atoms with Gasteiger partial charge in [-0.25, -0.2) is 0 Å². The molecule has 0 radical (unpaired) electrons. The van der Waals surface area contributed by atoms with Crippen molar-refractivity contribution in [2.45, 2.75) is 40.5 Å². The highest BCUT2D eigenvalue weighted by atomic mass is 14.2. The van der Waals surface area contributed by atoms with Crippen LogP contribution in [-0.4, -0.2) is 0 Å². The molecule has 0 aromatic heterocycles. The first-order valence-electron chi connectivity index (χ1n) is 5.57. The summed E-state index contributed by atoms with van der Waals surface area (Å²) >= 11 is 0. The zero-order valence-electron chi connectivity index (χ0n) is 9.88. The maximum absolute atomic E-state index is 2.34. The van der Waals surface area contributed by atoms with Crippen molar-refractivity contribution in [1.82, 2.24) is 0 Å². The molecule has 0 fully saturated rings. The van der Waals surface area contributed by atoms with Crippen molar-refractivity contribution < 1.29 is 0 Å². The van der Waals surface area contributed by atoms with E-state index in [1.54, 1.807) is 0 Å². The van der Waals surface area contributed by atoms with Crippen LogP contribution in [0.15, 0.2) is 36.0 Å². The van der Waals surface area contributed by atoms with Crippen LogP contribution >= 0.6 is 0 Å². The molecule has 0 aliphatic heterocycles. The van der Waals surface area contributed by atoms with Crippen LogP contribution in [0.5, 0.6) is 0 Å². The van der Waals surface area contributed by atoms with E-state index in [2.05, 4.69) is 58.1 Å². The third kappa shape index (κ3) is 3.53. The summed E-state index contributed by atoms with van der Waals surface area (Å²) in [6.07, 6.45) is 13.8. The van der Waals surface area contributed by atoms with E-state index in [-0.39, 0.29) is 5.41 Å². The van der Waals surface area contributed by atoms with Gasteiger partial charge in [-0.15, -0.1) is 0 Å². The molecule has 0 N–H and O–H groups in total. The zero-order chi connectivity index (χ0) is 10.6. The molecule has 0 bridgehead atoms. The quantitative estimate of drug-likeness (QED) is 0.614. The van der Waals surface area contributed by atoms with Crippen LogP contribution in [0, 0.1) is 11.3 Å². The molecule has 0 heteroatoms. The van der Waals surface area contributed by atoms with Gasteiger partial charge < -0.3 is 0 Å². The Morgan fingerprint density at radius 3 is 2.64 bits per heavy atom. The monoisotopic (exact) mass is 190 g/mol. The second kappa shape index (κ2) is 4.63. The van der Waals surface area contributed by atoms with Gasteiger partial charge in [-0.05, 0) is 25.7 Å². The number of rotatable bonds is 3. The molecule has 1 aliphatic rings. The molecule has 14 heavy (non-hydrogen) atoms. The average molecular weight is 190 g/mol. The first-order chi connectivity index (χ1) is 6.52. The summed E-state index contributed by atoms with van der Waals surface area (Å²) in [6, 6.07) is 0. The van der Waals surface area contributed by atoms with Crippen molar-refractivity contribution in [2.75, 3.05) is 0 Å². The van der Waals surface area contributed by atoms with Crippen molar-refractivity contribution in [2.24, 2.45) is 11.3 Å². The van der Waals surface area contributed by atoms with Crippen LogP contribution in [0.3, 0.4) is 0 Å². The van der Waals surface area contributed by atoms with Gasteiger partial charge in [0, 0.05) is 5.41 Å². The Morgan fingerprint density at radius 1 is 1.29 bits per heavy atom. The third-order valence-electron chi connectivity index (χ3n) is 2.82. The van der Waals surface area contributed by atoms with Gasteiger partial charge in [0.05, 0.1) is 0 Å². The summed E-state index contributed by atoms with van der Waals surface area (Å²) in [6.45, 7) is 9.04. The van der Waals surface area contributed by atoms with Gasteiger partial charge in [-0.1, -0.05) is 56.7 Å². The Balaban J connectivity index is 2.63. The largest absolute Gasteiger partial charge is 0.0748 e. The molecule has 1 rings (SSSR count). The van der Waals surface area contributed by atoms with E-state index in [0.29, 0.717) is 0 Å². The average Bonchev–Trinajstić information content (AvgIpc) is 2.27. The van der Waals surface area contributed by atoms with Crippen LogP contribution in [-0.2, 0) is 0 Å². The standard InChI is InChI=1S/C14H22/c1-12(2)7-10-14(4)9-5-6-13(3)8-11-14/h5-6,8-9,11-12H,7,10H2,1-4H3. The molecule has 0 amide bonds. The highest BCUT2D eigenvalue weighted by molar-refractivity contribution is 5.29. The Morgan fingerprint density at radius 2 is 2.00 bits per heavy atom. The van der Waals surface area contributed by atoms with E-state index in [4.69, 9.17) is 0 Å². The molecule has 0 heterocycles. The van der Waals surface area contributed by atoms with Gasteiger partial charge in [0.25, 0.3) is 0 Å². The van der Waals surface area contributed by atoms with Crippen molar-refractivity contribution in [3.63, 3.8) is 0 Å². The summed E-state index contributed by atoms with van der Waals surface area (Å²) in [7, 11) is 0. The fraction of sp³-hybridized carbons (Fsp3) is 0.571. The van der Waals surface area contributed by atoms with E-state index >= 15 is 0 Å². The first-order valence-corrected chi connectivity index (χ1v) is 5.57. The second-order valence-electron chi connectivity index (χ2n) is 5.04. The van der Waals surface area contributed by atoms with E-state index in [1.165, 1.54) is 18.4 Å². The minimum Gasteiger partial charge on any atom is -0.0748 e. The van der Waals surface area contributed by atoms with Gasteiger partial charge in [-0.2, -0.15) is 0 Å². The van der Waals surface area contributed by atoms with E-state index < -0.39 is 0 Å². The van der Waals surface area contributed by atoms with Crippen molar-refractivity contribution in [1.29, 1.82) is 0 Å². The number of hydrogen-bond acceptors (Lipinski definition) is 0. The van der Waals surface area contributed by atoms with Crippen LogP contribution in [0.25, 0.3) is 0 Å². The lowest BCUT2D eigenvalue weighted by atomic mass is 9.83. The number of allylic oxidation sites excluding steroid dienone is 6. The molecule has 0 nitrogen and oxygen atoms in total. The fourth-order valence-electron chi connectivity index (χ4n) is 1.62. The van der Waals surface area contributed by atoms with Crippen molar-refractivity contribution >= 4 is 0 Å². The van der Waals surface area contributed by atoms with E-state index in [1.807, 2.05) is 0 Å². The van der Waals surface area contributed by atoms with Crippen LogP contribution in [0.2, 0.25) is 0 Å². The summed E-state index contributed by atoms with van der Waals surface area (Å²) in [5.74, 6) is 0.797. The van der Waals surface area contributed by atoms with E-state index in [9.17, 15) is 0 Å². The molecule has 0 saturated carbocycles. The summed E-state index contributed by atoms with van der Waals surface area (Å²) in [4.78, 5) is 0. The Bertz CT molecular complexity index is 266. The fourth-order valence-corrected chi connectivity index (χ4v) is 1.62. The SMILES string of the molecule is CC1=CC=CC(C)(CCC(C)C)C=C1. The topological polar surface area (TPSA) is 0 Å². The maximum atomic E-state index is 2.34. The van der Waals surface area contributed by atoms with Gasteiger partial charge in [0.2, 0.25) is 0 Å². The van der Waals surface area contributed by atoms with Crippen LogP contribution in [0.1, 0.15) is 40.5 Å². The normalized spacial score (nSPS) is 26.5. The molecule has 1 atom stereocenters. The summed E-state index contributed by atoms with van der Waals surface area (Å²) in [5, 5.41) is 0. The lowest BCUT2D eigenvalue weighted by molar-refractivity contribution is 0.425. The van der Waals surface area contributed by atoms with Crippen LogP contribution in [0.4, 0.5) is 0 Å². The molecule has 0 aromatic carbocycles. The molecular formula is C14H22. The van der Waals surface area contributed by atoms with E-state index in [0.717, 1.165) is 5.92 Å². The molecule has 78 valence electrons. The Labute approximate surface area is 88.4 Å². The Kier molecular flexibility index (Phi) is 3.74. The minimum atomic E-state index is 0.262. The number of hydrogen-bond donors (Lipinski definition) is 0. The summed E-state index contributed by atoms with van der Waals surface area (Å²) in [5.41, 5.74) is 1.60. The molecule has 0 aromatic rings. The van der Waals surface area contributed by atoms with Crippen LogP contribution < -0.4 is 0 Å². The molecular weight excluding hydrogens is 168 g/mol. The van der Waals surface area contributed by atoms with Crippen molar-refractivity contribution in [3.8, 4) is 0 Å². The highest BCUT2D eigenvalue weighted by Crippen LogP contribution is 2.30. The molecule has 1 aliphatic carbocycles. The third-order valence-corrected chi connectivity index (χ3v) is 2.82. The molecule has 1 unspecified atom stereocenters. The maximum Gasteiger partial charge on any atom is 0.00391 e. The lowest BCUT2D eigenvalue weighted by Crippen LogP contribution is -2.10. The van der Waals surface area contributed by atoms with Crippen molar-refractivity contribution in [3.05, 3.63) is 36.0 Å².